The van der Waals surface area contributed by atoms with Gasteiger partial charge in [0.1, 0.15) is 11.5 Å². The number of amides is 1. The molecule has 7 nitrogen and oxygen atoms in total. The van der Waals surface area contributed by atoms with E-state index in [-0.39, 0.29) is 52.0 Å². The van der Waals surface area contributed by atoms with Gasteiger partial charge in [-0.05, 0) is 47.9 Å². The van der Waals surface area contributed by atoms with E-state index in [2.05, 4.69) is 10.3 Å². The second kappa shape index (κ2) is 10.4. The summed E-state index contributed by atoms with van der Waals surface area (Å²) in [6.45, 7) is -0.0707. The van der Waals surface area contributed by atoms with E-state index in [0.29, 0.717) is 11.5 Å². The number of thioether (sulfide) groups is 1. The first kappa shape index (κ1) is 24.4. The smallest absolute Gasteiger partial charge is 0.226 e. The maximum absolute atomic E-state index is 13.7. The lowest BCUT2D eigenvalue weighted by molar-refractivity contribution is -0.120. The number of methoxy groups -OCH3 is 2. The molecule has 2 N–H and O–H groups in total. The molecule has 0 aliphatic heterocycles. The van der Waals surface area contributed by atoms with Gasteiger partial charge >= 0.3 is 0 Å². The standard InChI is InChI=1S/C29H24N2O5S/c1-35-19-10-12-20(13-11-19)37-29-22(27(33)21-7-5-9-24(36-2)26(21)28(29)34)16-30-25(32)15-18-14-17-6-3-4-8-23(17)31-18/h3-14,31H,15-16H2,1-2H3,(H,30,32). The number of hydrogen-bond acceptors (Lipinski definition) is 6. The van der Waals surface area contributed by atoms with Crippen LogP contribution in [0.15, 0.2) is 88.2 Å². The van der Waals surface area contributed by atoms with Gasteiger partial charge < -0.3 is 19.8 Å². The Kier molecular flexibility index (Phi) is 6.83. The van der Waals surface area contributed by atoms with Gasteiger partial charge in [-0.1, -0.05) is 42.1 Å². The Bertz CT molecular complexity index is 1520. The summed E-state index contributed by atoms with van der Waals surface area (Å²) in [6, 6.07) is 21.9. The van der Waals surface area contributed by atoms with Crippen LogP contribution in [0.4, 0.5) is 0 Å². The van der Waals surface area contributed by atoms with Crippen molar-refractivity contribution in [2.75, 3.05) is 20.8 Å². The molecule has 1 aromatic heterocycles. The average molecular weight is 513 g/mol. The summed E-state index contributed by atoms with van der Waals surface area (Å²) in [5.41, 5.74) is 2.46. The van der Waals surface area contributed by atoms with E-state index in [1.54, 1.807) is 37.4 Å². The van der Waals surface area contributed by atoms with Gasteiger partial charge in [0.05, 0.1) is 31.1 Å². The Morgan fingerprint density at radius 3 is 2.43 bits per heavy atom. The molecule has 5 rings (SSSR count). The molecule has 8 heteroatoms. The number of ether oxygens (including phenoxy) is 2. The molecule has 3 aromatic carbocycles. The highest BCUT2D eigenvalue weighted by Gasteiger charge is 2.35. The topological polar surface area (TPSA) is 97.5 Å². The maximum Gasteiger partial charge on any atom is 0.226 e. The second-order valence-electron chi connectivity index (χ2n) is 8.46. The van der Waals surface area contributed by atoms with Gasteiger partial charge in [0.25, 0.3) is 0 Å². The fourth-order valence-electron chi connectivity index (χ4n) is 4.32. The largest absolute Gasteiger partial charge is 0.497 e. The van der Waals surface area contributed by atoms with Crippen LogP contribution < -0.4 is 14.8 Å². The zero-order valence-electron chi connectivity index (χ0n) is 20.3. The quantitative estimate of drug-likeness (QED) is 0.346. The van der Waals surface area contributed by atoms with Gasteiger partial charge in [-0.2, -0.15) is 0 Å². The van der Waals surface area contributed by atoms with E-state index >= 15 is 0 Å². The molecule has 1 aliphatic rings. The van der Waals surface area contributed by atoms with Gasteiger partial charge in [-0.15, -0.1) is 0 Å². The molecule has 1 heterocycles. The van der Waals surface area contributed by atoms with E-state index < -0.39 is 0 Å². The number of H-pyrrole nitrogens is 1. The predicted octanol–water partition coefficient (Wildman–Crippen LogP) is 4.97. The zero-order chi connectivity index (χ0) is 25.9. The molecule has 0 saturated heterocycles. The Hall–Kier alpha value is -4.30. The minimum atomic E-state index is -0.312. The van der Waals surface area contributed by atoms with Gasteiger partial charge in [0.2, 0.25) is 11.7 Å². The van der Waals surface area contributed by atoms with E-state index in [1.807, 2.05) is 42.5 Å². The summed E-state index contributed by atoms with van der Waals surface area (Å²) in [4.78, 5) is 44.3. The number of carbonyl (C=O) groups is 3. The van der Waals surface area contributed by atoms with Gasteiger partial charge in [0, 0.05) is 33.8 Å². The minimum absolute atomic E-state index is 0.0707. The van der Waals surface area contributed by atoms with Crippen LogP contribution in [0.1, 0.15) is 26.4 Å². The summed E-state index contributed by atoms with van der Waals surface area (Å²) >= 11 is 1.19. The molecular weight excluding hydrogens is 488 g/mol. The third-order valence-electron chi connectivity index (χ3n) is 6.15. The summed E-state index contributed by atoms with van der Waals surface area (Å²) in [5, 5.41) is 3.85. The number of benzene rings is 3. The maximum atomic E-state index is 13.7. The van der Waals surface area contributed by atoms with Gasteiger partial charge in [0.15, 0.2) is 5.78 Å². The number of allylic oxidation sites excluding steroid dienone is 1. The molecule has 0 spiro atoms. The van der Waals surface area contributed by atoms with Crippen LogP contribution in [0.5, 0.6) is 11.5 Å². The second-order valence-corrected chi connectivity index (χ2v) is 9.55. The first-order valence-corrected chi connectivity index (χ1v) is 12.4. The molecule has 186 valence electrons. The number of Topliss-reactive ketones (excluding diaryl/α,β-unsaturated/α-hetero) is 2. The zero-order valence-corrected chi connectivity index (χ0v) is 21.1. The minimum Gasteiger partial charge on any atom is -0.497 e. The number of nitrogens with one attached hydrogen (secondary N) is 2. The molecule has 0 atom stereocenters. The summed E-state index contributed by atoms with van der Waals surface area (Å²) in [5.74, 6) is 0.138. The molecule has 0 fully saturated rings. The van der Waals surface area contributed by atoms with Crippen molar-refractivity contribution in [3.63, 3.8) is 0 Å². The van der Waals surface area contributed by atoms with Crippen molar-refractivity contribution in [1.29, 1.82) is 0 Å². The third kappa shape index (κ3) is 4.88. The number of ketones is 2. The number of para-hydroxylation sites is 1. The van der Waals surface area contributed by atoms with E-state index in [1.165, 1.54) is 18.9 Å². The van der Waals surface area contributed by atoms with Crippen LogP contribution in [0, 0.1) is 0 Å². The first-order valence-electron chi connectivity index (χ1n) is 11.6. The normalized spacial score (nSPS) is 13.0. The number of aromatic nitrogens is 1. The number of carbonyl (C=O) groups excluding carboxylic acids is 3. The van der Waals surface area contributed by atoms with E-state index in [4.69, 9.17) is 9.47 Å². The first-order chi connectivity index (χ1) is 18.0. The Morgan fingerprint density at radius 2 is 1.70 bits per heavy atom. The summed E-state index contributed by atoms with van der Waals surface area (Å²) in [6.07, 6.45) is 0.120. The highest BCUT2D eigenvalue weighted by Crippen LogP contribution is 2.40. The van der Waals surface area contributed by atoms with E-state index in [9.17, 15) is 14.4 Å². The van der Waals surface area contributed by atoms with Crippen LogP contribution in [0.25, 0.3) is 10.9 Å². The molecule has 1 amide bonds. The van der Waals surface area contributed by atoms with Crippen molar-refractivity contribution in [2.24, 2.45) is 0 Å². The Balaban J connectivity index is 1.43. The molecular formula is C29H24N2O5S. The number of hydrogen-bond donors (Lipinski definition) is 2. The molecule has 0 unspecified atom stereocenters. The Morgan fingerprint density at radius 1 is 0.919 bits per heavy atom. The highest BCUT2D eigenvalue weighted by molar-refractivity contribution is 8.04. The van der Waals surface area contributed by atoms with Gasteiger partial charge in [-0.3, -0.25) is 14.4 Å². The monoisotopic (exact) mass is 512 g/mol. The van der Waals surface area contributed by atoms with Crippen molar-refractivity contribution in [1.82, 2.24) is 10.3 Å². The average Bonchev–Trinajstić information content (AvgIpc) is 3.33. The van der Waals surface area contributed by atoms with Crippen LogP contribution >= 0.6 is 11.8 Å². The van der Waals surface area contributed by atoms with Crippen LogP contribution in [-0.2, 0) is 11.2 Å². The molecule has 4 aromatic rings. The van der Waals surface area contributed by atoms with E-state index in [0.717, 1.165) is 21.5 Å². The van der Waals surface area contributed by atoms with Crippen molar-refractivity contribution in [2.45, 2.75) is 11.3 Å². The predicted molar refractivity (Wildman–Crippen MR) is 143 cm³/mol. The molecule has 0 saturated carbocycles. The highest BCUT2D eigenvalue weighted by atomic mass is 32.2. The molecule has 0 bridgehead atoms. The summed E-state index contributed by atoms with van der Waals surface area (Å²) < 4.78 is 10.6. The lowest BCUT2D eigenvalue weighted by Gasteiger charge is -2.22. The van der Waals surface area contributed by atoms with Crippen molar-refractivity contribution >= 4 is 40.1 Å². The van der Waals surface area contributed by atoms with Crippen molar-refractivity contribution < 1.29 is 23.9 Å². The number of fused-ring (bicyclic) bond motifs is 2. The summed E-state index contributed by atoms with van der Waals surface area (Å²) in [7, 11) is 3.04. The molecule has 37 heavy (non-hydrogen) atoms. The fraction of sp³-hybridized carbons (Fsp3) is 0.138. The molecule has 1 aliphatic carbocycles. The lowest BCUT2D eigenvalue weighted by Crippen LogP contribution is -2.33. The van der Waals surface area contributed by atoms with Crippen LogP contribution in [-0.4, -0.2) is 43.2 Å². The number of aromatic amines is 1. The number of rotatable bonds is 8. The Labute approximate surface area is 217 Å². The lowest BCUT2D eigenvalue weighted by atomic mass is 9.88. The van der Waals surface area contributed by atoms with Crippen LogP contribution in [0.3, 0.4) is 0 Å². The third-order valence-corrected chi connectivity index (χ3v) is 7.29. The van der Waals surface area contributed by atoms with Gasteiger partial charge in [-0.25, -0.2) is 0 Å². The van der Waals surface area contributed by atoms with Crippen LogP contribution in [0.2, 0.25) is 0 Å². The van der Waals surface area contributed by atoms with Crippen molar-refractivity contribution in [3.05, 3.63) is 100 Å². The van der Waals surface area contributed by atoms with Crippen molar-refractivity contribution in [3.8, 4) is 11.5 Å². The fourth-order valence-corrected chi connectivity index (χ4v) is 5.31. The molecule has 0 radical (unpaired) electrons. The SMILES string of the molecule is COc1ccc(SC2=C(CNC(=O)Cc3cc4ccccc4[nH]3)C(=O)c3cccc(OC)c3C2=O)cc1.